The first kappa shape index (κ1) is 23.0. The van der Waals surface area contributed by atoms with Crippen LogP contribution in [0.1, 0.15) is 53.9 Å². The molecule has 3 fully saturated rings. The Kier molecular flexibility index (Phi) is 7.88. The van der Waals surface area contributed by atoms with Gasteiger partial charge in [0.1, 0.15) is 11.4 Å². The summed E-state index contributed by atoms with van der Waals surface area (Å²) in [6.45, 7) is 11.3. The number of allylic oxidation sites excluding steroid dienone is 2. The Labute approximate surface area is 174 Å². The van der Waals surface area contributed by atoms with Crippen LogP contribution in [-0.4, -0.2) is 71.6 Å². The Balaban J connectivity index is 1.94. The molecule has 29 heavy (non-hydrogen) atoms. The molecule has 0 aromatic carbocycles. The number of fused-ring (bicyclic) bond motifs is 2. The molecule has 0 aliphatic carbocycles. The zero-order valence-corrected chi connectivity index (χ0v) is 18.6. The molecule has 3 rings (SSSR count). The van der Waals surface area contributed by atoms with Crippen molar-refractivity contribution in [3.63, 3.8) is 0 Å². The molecule has 2 bridgehead atoms. The Hall–Kier alpha value is -2.31. The number of carbonyl (C=O) groups is 2. The van der Waals surface area contributed by atoms with E-state index in [1.165, 1.54) is 13.2 Å². The predicted molar refractivity (Wildman–Crippen MR) is 114 cm³/mol. The summed E-state index contributed by atoms with van der Waals surface area (Å²) in [7, 11) is 1.37. The number of piperidine rings is 1. The average molecular weight is 406 g/mol. The van der Waals surface area contributed by atoms with Gasteiger partial charge in [-0.2, -0.15) is 0 Å². The molecule has 3 aliphatic rings. The average Bonchev–Trinajstić information content (AvgIpc) is 2.63. The van der Waals surface area contributed by atoms with Crippen molar-refractivity contribution in [2.24, 2.45) is 4.99 Å². The summed E-state index contributed by atoms with van der Waals surface area (Å²) in [4.78, 5) is 32.6. The zero-order valence-electron chi connectivity index (χ0n) is 18.6. The largest absolute Gasteiger partial charge is 0.466 e. The van der Waals surface area contributed by atoms with Crippen LogP contribution in [0.15, 0.2) is 29.3 Å². The number of amides is 1. The van der Waals surface area contributed by atoms with Gasteiger partial charge in [-0.1, -0.05) is 12.2 Å². The first-order valence-electron chi connectivity index (χ1n) is 10.4. The SMILES string of the molecule is C/C=C\C(=NC(C)CC/C=C/C(=O)OC)N1CC2CC(C1)N2C(=O)OC(C)(C)C. The quantitative estimate of drug-likeness (QED) is 0.292. The Morgan fingerprint density at radius 3 is 2.41 bits per heavy atom. The summed E-state index contributed by atoms with van der Waals surface area (Å²) in [6, 6.07) is 0.485. The molecular weight excluding hydrogens is 370 g/mol. The number of aliphatic imine (C=N–C) groups is 1. The number of ether oxygens (including phenoxy) is 2. The number of rotatable bonds is 6. The van der Waals surface area contributed by atoms with Crippen molar-refractivity contribution in [1.82, 2.24) is 9.80 Å². The van der Waals surface area contributed by atoms with Crippen molar-refractivity contribution in [1.29, 1.82) is 0 Å². The van der Waals surface area contributed by atoms with Crippen molar-refractivity contribution in [2.45, 2.75) is 77.6 Å². The second kappa shape index (κ2) is 9.94. The van der Waals surface area contributed by atoms with Gasteiger partial charge in [0.15, 0.2) is 0 Å². The van der Waals surface area contributed by atoms with Gasteiger partial charge in [-0.15, -0.1) is 0 Å². The van der Waals surface area contributed by atoms with Gasteiger partial charge < -0.3 is 14.4 Å². The molecule has 0 N–H and O–H groups in total. The lowest BCUT2D eigenvalue weighted by Crippen LogP contribution is -2.71. The molecule has 0 aromatic heterocycles. The van der Waals surface area contributed by atoms with E-state index in [0.29, 0.717) is 0 Å². The van der Waals surface area contributed by atoms with E-state index in [-0.39, 0.29) is 30.2 Å². The van der Waals surface area contributed by atoms with Gasteiger partial charge in [-0.25, -0.2) is 9.59 Å². The molecule has 0 radical (unpaired) electrons. The third-order valence-electron chi connectivity index (χ3n) is 5.00. The van der Waals surface area contributed by atoms with E-state index >= 15 is 0 Å². The second-order valence-corrected chi connectivity index (χ2v) is 8.68. The van der Waals surface area contributed by atoms with Gasteiger partial charge in [-0.05, 0) is 60.0 Å². The number of esters is 1. The fraction of sp³-hybridized carbons (Fsp3) is 0.682. The van der Waals surface area contributed by atoms with Gasteiger partial charge in [0.05, 0.1) is 19.2 Å². The number of hydrogen-bond acceptors (Lipinski definition) is 5. The van der Waals surface area contributed by atoms with E-state index in [0.717, 1.165) is 38.2 Å². The zero-order chi connectivity index (χ0) is 21.6. The number of hydrogen-bond donors (Lipinski definition) is 0. The molecule has 3 aliphatic heterocycles. The number of carbonyl (C=O) groups excluding carboxylic acids is 2. The third-order valence-corrected chi connectivity index (χ3v) is 5.00. The molecule has 0 spiro atoms. The van der Waals surface area contributed by atoms with Crippen molar-refractivity contribution < 1.29 is 19.1 Å². The van der Waals surface area contributed by atoms with E-state index in [4.69, 9.17) is 9.73 Å². The lowest BCUT2D eigenvalue weighted by atomic mass is 9.88. The summed E-state index contributed by atoms with van der Waals surface area (Å²) in [5.74, 6) is 0.619. The Morgan fingerprint density at radius 1 is 1.21 bits per heavy atom. The standard InChI is InChI=1S/C22H35N3O4/c1-7-10-19(23-16(2)11-8-9-12-20(26)28-6)24-14-17-13-18(15-24)25(17)21(27)29-22(3,4)5/h7,9-10,12,16-18H,8,11,13-15H2,1-6H3/b10-7-,12-9+,23-19?. The molecule has 0 saturated carbocycles. The first-order valence-corrected chi connectivity index (χ1v) is 10.4. The molecular formula is C22H35N3O4. The fourth-order valence-corrected chi connectivity index (χ4v) is 3.66. The van der Waals surface area contributed by atoms with Crippen LogP contribution in [0.4, 0.5) is 4.79 Å². The van der Waals surface area contributed by atoms with E-state index in [1.807, 2.05) is 50.8 Å². The molecule has 162 valence electrons. The van der Waals surface area contributed by atoms with Crippen LogP contribution in [0.3, 0.4) is 0 Å². The minimum absolute atomic E-state index is 0.128. The summed E-state index contributed by atoms with van der Waals surface area (Å²) >= 11 is 0. The van der Waals surface area contributed by atoms with Crippen LogP contribution in [0.2, 0.25) is 0 Å². The maximum Gasteiger partial charge on any atom is 0.410 e. The maximum absolute atomic E-state index is 12.5. The van der Waals surface area contributed by atoms with E-state index in [1.54, 1.807) is 0 Å². The second-order valence-electron chi connectivity index (χ2n) is 8.68. The van der Waals surface area contributed by atoms with Crippen LogP contribution in [0.5, 0.6) is 0 Å². The lowest BCUT2D eigenvalue weighted by Gasteiger charge is -2.56. The summed E-state index contributed by atoms with van der Waals surface area (Å²) < 4.78 is 10.1. The Bertz CT molecular complexity index is 666. The summed E-state index contributed by atoms with van der Waals surface area (Å²) in [6.07, 6.45) is 9.72. The highest BCUT2D eigenvalue weighted by Gasteiger charge is 2.49. The topological polar surface area (TPSA) is 71.4 Å². The van der Waals surface area contributed by atoms with E-state index < -0.39 is 5.60 Å². The van der Waals surface area contributed by atoms with Gasteiger partial charge in [0, 0.05) is 25.2 Å². The van der Waals surface area contributed by atoms with Crippen molar-refractivity contribution in [2.75, 3.05) is 20.2 Å². The van der Waals surface area contributed by atoms with Crippen LogP contribution in [0.25, 0.3) is 0 Å². The predicted octanol–water partition coefficient (Wildman–Crippen LogP) is 3.55. The van der Waals surface area contributed by atoms with Gasteiger partial charge in [0.25, 0.3) is 0 Å². The third kappa shape index (κ3) is 6.61. The molecule has 7 nitrogen and oxygen atoms in total. The van der Waals surface area contributed by atoms with Crippen LogP contribution >= 0.6 is 0 Å². The van der Waals surface area contributed by atoms with Crippen molar-refractivity contribution in [3.05, 3.63) is 24.3 Å². The van der Waals surface area contributed by atoms with Crippen LogP contribution < -0.4 is 0 Å². The summed E-state index contributed by atoms with van der Waals surface area (Å²) in [5.41, 5.74) is -0.476. The first-order chi connectivity index (χ1) is 13.6. The fourth-order valence-electron chi connectivity index (χ4n) is 3.66. The van der Waals surface area contributed by atoms with Crippen molar-refractivity contribution in [3.8, 4) is 0 Å². The maximum atomic E-state index is 12.5. The number of piperazine rings is 1. The highest BCUT2D eigenvalue weighted by atomic mass is 16.6. The number of amidine groups is 1. The molecule has 3 atom stereocenters. The van der Waals surface area contributed by atoms with Gasteiger partial charge in [-0.3, -0.25) is 9.89 Å². The van der Waals surface area contributed by atoms with Crippen molar-refractivity contribution >= 4 is 17.9 Å². The molecule has 3 unspecified atom stereocenters. The highest BCUT2D eigenvalue weighted by Crippen LogP contribution is 2.34. The minimum Gasteiger partial charge on any atom is -0.466 e. The molecule has 3 saturated heterocycles. The monoisotopic (exact) mass is 405 g/mol. The summed E-state index contributed by atoms with van der Waals surface area (Å²) in [5, 5.41) is 0. The van der Waals surface area contributed by atoms with E-state index in [9.17, 15) is 9.59 Å². The number of methoxy groups -OCH3 is 1. The smallest absolute Gasteiger partial charge is 0.410 e. The number of nitrogens with zero attached hydrogens (tertiary/aromatic N) is 3. The van der Waals surface area contributed by atoms with Crippen LogP contribution in [-0.2, 0) is 14.3 Å². The molecule has 3 heterocycles. The normalized spacial score (nSPS) is 23.3. The Morgan fingerprint density at radius 2 is 1.86 bits per heavy atom. The van der Waals surface area contributed by atoms with E-state index in [2.05, 4.69) is 16.6 Å². The molecule has 7 heteroatoms. The van der Waals surface area contributed by atoms with Gasteiger partial charge in [0.2, 0.25) is 0 Å². The highest BCUT2D eigenvalue weighted by molar-refractivity contribution is 5.93. The molecule has 0 aromatic rings. The minimum atomic E-state index is -0.476. The molecule has 1 amide bonds. The van der Waals surface area contributed by atoms with Crippen LogP contribution in [0, 0.1) is 0 Å². The van der Waals surface area contributed by atoms with Gasteiger partial charge >= 0.3 is 12.1 Å². The lowest BCUT2D eigenvalue weighted by molar-refractivity contribution is -0.134.